The van der Waals surface area contributed by atoms with E-state index >= 15 is 0 Å². The van der Waals surface area contributed by atoms with E-state index in [0.717, 1.165) is 11.3 Å². The highest BCUT2D eigenvalue weighted by Gasteiger charge is 2.31. The molecule has 1 heterocycles. The molecule has 1 atom stereocenters. The lowest BCUT2D eigenvalue weighted by molar-refractivity contribution is -0.118. The molecule has 15 heavy (non-hydrogen) atoms. The van der Waals surface area contributed by atoms with Gasteiger partial charge in [0.1, 0.15) is 5.92 Å². The Kier molecular flexibility index (Phi) is 2.42. The summed E-state index contributed by atoms with van der Waals surface area (Å²) in [6, 6.07) is 9.97. The van der Waals surface area contributed by atoms with Crippen molar-refractivity contribution >= 4 is 11.5 Å². The highest BCUT2D eigenvalue weighted by atomic mass is 16.1. The lowest BCUT2D eigenvalue weighted by Gasteiger charge is -2.18. The molecule has 0 N–H and O–H groups in total. The van der Waals surface area contributed by atoms with Crippen molar-refractivity contribution in [3.63, 3.8) is 0 Å². The number of hydrogen-bond donors (Lipinski definition) is 0. The van der Waals surface area contributed by atoms with E-state index in [9.17, 15) is 4.79 Å². The number of aryl methyl sites for hydroxylation is 1. The second-order valence-electron chi connectivity index (χ2n) is 3.82. The number of para-hydroxylation sites is 1. The third kappa shape index (κ3) is 1.71. The van der Waals surface area contributed by atoms with Crippen LogP contribution in [0.15, 0.2) is 24.3 Å². The van der Waals surface area contributed by atoms with Crippen molar-refractivity contribution in [1.82, 2.24) is 0 Å². The number of rotatable bonds is 1. The Hall–Kier alpha value is -1.82. The SMILES string of the molecule is Cc1ccccc1N1CC(=O)C(C#N)C1. The molecule has 76 valence electrons. The van der Waals surface area contributed by atoms with Gasteiger partial charge in [-0.05, 0) is 18.6 Å². The van der Waals surface area contributed by atoms with Crippen LogP contribution >= 0.6 is 0 Å². The number of Topliss-reactive ketones (excluding diaryl/α,β-unsaturated/α-hetero) is 1. The number of carbonyl (C=O) groups excluding carboxylic acids is 1. The lowest BCUT2D eigenvalue weighted by atomic mass is 10.1. The van der Waals surface area contributed by atoms with Crippen LogP contribution in [0.3, 0.4) is 0 Å². The summed E-state index contributed by atoms with van der Waals surface area (Å²) in [5.74, 6) is -0.426. The molecule has 0 aromatic heterocycles. The zero-order valence-electron chi connectivity index (χ0n) is 8.60. The average Bonchev–Trinajstić information content (AvgIpc) is 2.60. The van der Waals surface area contributed by atoms with Gasteiger partial charge in [0.25, 0.3) is 0 Å². The van der Waals surface area contributed by atoms with Crippen molar-refractivity contribution in [2.75, 3.05) is 18.0 Å². The van der Waals surface area contributed by atoms with Crippen LogP contribution in [0.5, 0.6) is 0 Å². The molecule has 0 saturated carbocycles. The Morgan fingerprint density at radius 1 is 1.47 bits per heavy atom. The minimum Gasteiger partial charge on any atom is -0.362 e. The fourth-order valence-electron chi connectivity index (χ4n) is 1.90. The molecule has 1 fully saturated rings. The normalized spacial score (nSPS) is 20.4. The number of nitrogens with zero attached hydrogens (tertiary/aromatic N) is 2. The fourth-order valence-corrected chi connectivity index (χ4v) is 1.90. The summed E-state index contributed by atoms with van der Waals surface area (Å²) in [5, 5.41) is 8.77. The van der Waals surface area contributed by atoms with Crippen molar-refractivity contribution in [3.05, 3.63) is 29.8 Å². The minimum atomic E-state index is -0.454. The summed E-state index contributed by atoms with van der Waals surface area (Å²) in [7, 11) is 0. The molecule has 0 aliphatic carbocycles. The summed E-state index contributed by atoms with van der Waals surface area (Å²) >= 11 is 0. The molecule has 2 rings (SSSR count). The molecule has 0 bridgehead atoms. The number of ketones is 1. The first kappa shape index (κ1) is 9.72. The smallest absolute Gasteiger partial charge is 0.170 e. The number of carbonyl (C=O) groups is 1. The van der Waals surface area contributed by atoms with Gasteiger partial charge in [0, 0.05) is 12.2 Å². The average molecular weight is 200 g/mol. The number of benzene rings is 1. The molecule has 0 amide bonds. The molecule has 1 aliphatic rings. The van der Waals surface area contributed by atoms with Crippen LogP contribution in [0.1, 0.15) is 5.56 Å². The summed E-state index contributed by atoms with van der Waals surface area (Å²) in [4.78, 5) is 13.4. The molecular formula is C12H12N2O. The highest BCUT2D eigenvalue weighted by molar-refractivity contribution is 5.91. The lowest BCUT2D eigenvalue weighted by Crippen LogP contribution is -2.20. The molecular weight excluding hydrogens is 188 g/mol. The van der Waals surface area contributed by atoms with Gasteiger partial charge in [0.15, 0.2) is 5.78 Å². The van der Waals surface area contributed by atoms with Crippen LogP contribution in [-0.4, -0.2) is 18.9 Å². The van der Waals surface area contributed by atoms with Gasteiger partial charge in [-0.25, -0.2) is 0 Å². The van der Waals surface area contributed by atoms with Crippen molar-refractivity contribution in [1.29, 1.82) is 5.26 Å². The predicted molar refractivity (Wildman–Crippen MR) is 57.5 cm³/mol. The van der Waals surface area contributed by atoms with Gasteiger partial charge in [0.05, 0.1) is 12.6 Å². The number of hydrogen-bond acceptors (Lipinski definition) is 3. The zero-order chi connectivity index (χ0) is 10.8. The topological polar surface area (TPSA) is 44.1 Å². The van der Waals surface area contributed by atoms with Crippen LogP contribution < -0.4 is 4.90 Å². The van der Waals surface area contributed by atoms with E-state index < -0.39 is 5.92 Å². The van der Waals surface area contributed by atoms with Crippen LogP contribution in [0.25, 0.3) is 0 Å². The van der Waals surface area contributed by atoms with Crippen LogP contribution in [0.4, 0.5) is 5.69 Å². The molecule has 3 nitrogen and oxygen atoms in total. The van der Waals surface area contributed by atoms with Crippen LogP contribution in [0.2, 0.25) is 0 Å². The summed E-state index contributed by atoms with van der Waals surface area (Å²) in [6.45, 7) is 2.91. The van der Waals surface area contributed by atoms with Gasteiger partial charge in [0.2, 0.25) is 0 Å². The second kappa shape index (κ2) is 3.74. The van der Waals surface area contributed by atoms with Crippen LogP contribution in [0, 0.1) is 24.2 Å². The molecule has 1 saturated heterocycles. The van der Waals surface area contributed by atoms with Gasteiger partial charge in [-0.15, -0.1) is 0 Å². The van der Waals surface area contributed by atoms with Gasteiger partial charge >= 0.3 is 0 Å². The van der Waals surface area contributed by atoms with E-state index in [-0.39, 0.29) is 5.78 Å². The molecule has 0 spiro atoms. The van der Waals surface area contributed by atoms with E-state index in [1.807, 2.05) is 42.2 Å². The Labute approximate surface area is 88.9 Å². The van der Waals surface area contributed by atoms with Crippen molar-refractivity contribution in [3.8, 4) is 6.07 Å². The number of nitriles is 1. The monoisotopic (exact) mass is 200 g/mol. The Bertz CT molecular complexity index is 433. The quantitative estimate of drug-likeness (QED) is 0.690. The second-order valence-corrected chi connectivity index (χ2v) is 3.82. The van der Waals surface area contributed by atoms with E-state index in [0.29, 0.717) is 13.1 Å². The molecule has 3 heteroatoms. The summed E-state index contributed by atoms with van der Waals surface area (Å²) in [5.41, 5.74) is 2.20. The third-order valence-corrected chi connectivity index (χ3v) is 2.75. The van der Waals surface area contributed by atoms with Crippen molar-refractivity contribution in [2.24, 2.45) is 5.92 Å². The first-order valence-electron chi connectivity index (χ1n) is 4.95. The Balaban J connectivity index is 2.25. The third-order valence-electron chi connectivity index (χ3n) is 2.75. The first-order valence-corrected chi connectivity index (χ1v) is 4.95. The molecule has 1 aliphatic heterocycles. The van der Waals surface area contributed by atoms with Gasteiger partial charge < -0.3 is 4.90 Å². The van der Waals surface area contributed by atoms with E-state index in [2.05, 4.69) is 0 Å². The van der Waals surface area contributed by atoms with E-state index in [4.69, 9.17) is 5.26 Å². The molecule has 1 unspecified atom stereocenters. The Morgan fingerprint density at radius 2 is 2.20 bits per heavy atom. The van der Waals surface area contributed by atoms with Gasteiger partial charge in [-0.2, -0.15) is 5.26 Å². The summed E-state index contributed by atoms with van der Waals surface area (Å²) < 4.78 is 0. The van der Waals surface area contributed by atoms with Crippen LogP contribution in [-0.2, 0) is 4.79 Å². The van der Waals surface area contributed by atoms with Crippen molar-refractivity contribution in [2.45, 2.75) is 6.92 Å². The molecule has 1 aromatic carbocycles. The van der Waals surface area contributed by atoms with Gasteiger partial charge in [-0.3, -0.25) is 4.79 Å². The maximum absolute atomic E-state index is 11.4. The van der Waals surface area contributed by atoms with E-state index in [1.54, 1.807) is 0 Å². The van der Waals surface area contributed by atoms with Gasteiger partial charge in [-0.1, -0.05) is 18.2 Å². The van der Waals surface area contributed by atoms with E-state index in [1.165, 1.54) is 0 Å². The standard InChI is InChI=1S/C12H12N2O/c1-9-4-2-3-5-11(9)14-7-10(6-13)12(15)8-14/h2-5,10H,7-8H2,1H3. The Morgan fingerprint density at radius 3 is 2.80 bits per heavy atom. The maximum Gasteiger partial charge on any atom is 0.170 e. The predicted octanol–water partition coefficient (Wildman–Crippen LogP) is 1.52. The molecule has 0 radical (unpaired) electrons. The summed E-state index contributed by atoms with van der Waals surface area (Å²) in [6.07, 6.45) is 0. The first-order chi connectivity index (χ1) is 7.22. The largest absolute Gasteiger partial charge is 0.362 e. The molecule has 1 aromatic rings. The fraction of sp³-hybridized carbons (Fsp3) is 0.333. The maximum atomic E-state index is 11.4. The number of anilines is 1. The zero-order valence-corrected chi connectivity index (χ0v) is 8.60. The minimum absolute atomic E-state index is 0.0285. The highest BCUT2D eigenvalue weighted by Crippen LogP contribution is 2.24. The van der Waals surface area contributed by atoms with Crippen molar-refractivity contribution < 1.29 is 4.79 Å².